The summed E-state index contributed by atoms with van der Waals surface area (Å²) in [5, 5.41) is 7.26. The van der Waals surface area contributed by atoms with E-state index in [0.29, 0.717) is 32.8 Å². The quantitative estimate of drug-likeness (QED) is 0.756. The van der Waals surface area contributed by atoms with Crippen LogP contribution in [0.5, 0.6) is 5.88 Å². The van der Waals surface area contributed by atoms with Gasteiger partial charge in [-0.05, 0) is 19.4 Å². The maximum atomic E-state index is 12.6. The Labute approximate surface area is 141 Å². The van der Waals surface area contributed by atoms with Crippen molar-refractivity contribution in [1.82, 2.24) is 15.1 Å². The van der Waals surface area contributed by atoms with Gasteiger partial charge in [-0.15, -0.1) is 11.3 Å². The number of hydrogen-bond donors (Lipinski definition) is 1. The highest BCUT2D eigenvalue weighted by Gasteiger charge is 2.22. The van der Waals surface area contributed by atoms with Gasteiger partial charge in [0, 0.05) is 7.11 Å². The van der Waals surface area contributed by atoms with Crippen molar-refractivity contribution in [3.8, 4) is 5.88 Å². The number of aryl methyl sites for hydroxylation is 2. The average molecular weight is 348 g/mol. The fourth-order valence-corrected chi connectivity index (χ4v) is 3.38. The monoisotopic (exact) mass is 348 g/mol. The van der Waals surface area contributed by atoms with Crippen LogP contribution >= 0.6 is 11.3 Å². The Morgan fingerprint density at radius 1 is 1.33 bits per heavy atom. The van der Waals surface area contributed by atoms with E-state index in [1.165, 1.54) is 24.7 Å². The molecule has 9 heteroatoms. The second-order valence-corrected chi connectivity index (χ2v) is 6.09. The van der Waals surface area contributed by atoms with Crippen LogP contribution in [-0.4, -0.2) is 35.3 Å². The van der Waals surface area contributed by atoms with E-state index in [9.17, 15) is 4.79 Å². The van der Waals surface area contributed by atoms with Crippen molar-refractivity contribution < 1.29 is 18.8 Å². The molecule has 0 aliphatic heterocycles. The molecule has 0 bridgehead atoms. The summed E-state index contributed by atoms with van der Waals surface area (Å²) in [7, 11) is 3.11. The van der Waals surface area contributed by atoms with Crippen molar-refractivity contribution in [2.45, 2.75) is 20.5 Å². The molecule has 8 nitrogen and oxygen atoms in total. The van der Waals surface area contributed by atoms with Crippen LogP contribution in [0, 0.1) is 13.8 Å². The van der Waals surface area contributed by atoms with Gasteiger partial charge in [0.15, 0.2) is 5.82 Å². The van der Waals surface area contributed by atoms with Gasteiger partial charge in [0.1, 0.15) is 29.1 Å². The summed E-state index contributed by atoms with van der Waals surface area (Å²) in [6.07, 6.45) is 1.40. The highest BCUT2D eigenvalue weighted by molar-refractivity contribution is 7.20. The largest absolute Gasteiger partial charge is 0.480 e. The molecule has 24 heavy (non-hydrogen) atoms. The number of aromatic nitrogens is 3. The molecule has 0 saturated carbocycles. The van der Waals surface area contributed by atoms with Crippen LogP contribution in [-0.2, 0) is 11.3 Å². The zero-order valence-corrected chi connectivity index (χ0v) is 14.5. The van der Waals surface area contributed by atoms with Gasteiger partial charge in [-0.3, -0.25) is 4.79 Å². The molecule has 1 N–H and O–H groups in total. The molecular formula is C15H16N4O4S. The van der Waals surface area contributed by atoms with E-state index in [0.717, 1.165) is 10.9 Å². The zero-order chi connectivity index (χ0) is 17.3. The Balaban J connectivity index is 2.04. The standard InChI is InChI=1S/C15H16N4O4S/c1-7-11-14(22-4)17-10(6-21-3)18-15(11)24-12(7)13(20)16-9-5-23-19-8(9)2/h5H,6H2,1-4H3,(H,16,20). The molecule has 0 saturated heterocycles. The van der Waals surface area contributed by atoms with Gasteiger partial charge < -0.3 is 19.3 Å². The maximum absolute atomic E-state index is 12.6. The molecule has 1 amide bonds. The summed E-state index contributed by atoms with van der Waals surface area (Å²) in [6, 6.07) is 0. The molecule has 0 aromatic carbocycles. The Kier molecular flexibility index (Phi) is 4.45. The number of nitrogens with zero attached hydrogens (tertiary/aromatic N) is 3. The first kappa shape index (κ1) is 16.3. The van der Waals surface area contributed by atoms with Gasteiger partial charge in [-0.1, -0.05) is 5.16 Å². The van der Waals surface area contributed by atoms with E-state index in [4.69, 9.17) is 14.0 Å². The maximum Gasteiger partial charge on any atom is 0.266 e. The number of carbonyl (C=O) groups excluding carboxylic acids is 1. The summed E-state index contributed by atoms with van der Waals surface area (Å²) >= 11 is 1.28. The topological polar surface area (TPSA) is 99.4 Å². The average Bonchev–Trinajstić information content (AvgIpc) is 3.11. The number of fused-ring (bicyclic) bond motifs is 1. The Bertz CT molecular complexity index is 902. The minimum atomic E-state index is -0.253. The van der Waals surface area contributed by atoms with Gasteiger partial charge in [0.25, 0.3) is 5.91 Å². The molecule has 126 valence electrons. The molecule has 0 fully saturated rings. The molecular weight excluding hydrogens is 332 g/mol. The summed E-state index contributed by atoms with van der Waals surface area (Å²) in [5.74, 6) is 0.683. The lowest BCUT2D eigenvalue weighted by Crippen LogP contribution is -2.11. The molecule has 0 spiro atoms. The van der Waals surface area contributed by atoms with Crippen LogP contribution in [0.25, 0.3) is 10.2 Å². The van der Waals surface area contributed by atoms with Crippen molar-refractivity contribution in [2.24, 2.45) is 0 Å². The third-order valence-corrected chi connectivity index (χ3v) is 4.66. The first-order valence-electron chi connectivity index (χ1n) is 7.10. The van der Waals surface area contributed by atoms with Crippen molar-refractivity contribution in [3.05, 3.63) is 28.2 Å². The minimum absolute atomic E-state index is 0.253. The van der Waals surface area contributed by atoms with Crippen molar-refractivity contribution in [2.75, 3.05) is 19.5 Å². The highest BCUT2D eigenvalue weighted by atomic mass is 32.1. The summed E-state index contributed by atoms with van der Waals surface area (Å²) in [6.45, 7) is 3.86. The molecule has 3 aromatic heterocycles. The smallest absolute Gasteiger partial charge is 0.266 e. The second kappa shape index (κ2) is 6.54. The fourth-order valence-electron chi connectivity index (χ4n) is 2.29. The van der Waals surface area contributed by atoms with E-state index in [1.54, 1.807) is 14.0 Å². The normalized spacial score (nSPS) is 11.0. The van der Waals surface area contributed by atoms with Crippen LogP contribution in [0.2, 0.25) is 0 Å². The summed E-state index contributed by atoms with van der Waals surface area (Å²) in [5.41, 5.74) is 1.92. The van der Waals surface area contributed by atoms with Crippen molar-refractivity contribution >= 4 is 33.1 Å². The SMILES string of the molecule is COCc1nc(OC)c2c(C)c(C(=O)Nc3conc3C)sc2n1. The molecule has 0 radical (unpaired) electrons. The molecule has 0 atom stereocenters. The van der Waals surface area contributed by atoms with E-state index in [-0.39, 0.29) is 12.5 Å². The lowest BCUT2D eigenvalue weighted by molar-refractivity contribution is 0.103. The van der Waals surface area contributed by atoms with Gasteiger partial charge in [-0.2, -0.15) is 4.98 Å². The van der Waals surface area contributed by atoms with Crippen LogP contribution in [0.4, 0.5) is 5.69 Å². The zero-order valence-electron chi connectivity index (χ0n) is 13.7. The number of methoxy groups -OCH3 is 2. The van der Waals surface area contributed by atoms with E-state index < -0.39 is 0 Å². The van der Waals surface area contributed by atoms with E-state index in [2.05, 4.69) is 20.4 Å². The number of carbonyl (C=O) groups is 1. The van der Waals surface area contributed by atoms with E-state index >= 15 is 0 Å². The highest BCUT2D eigenvalue weighted by Crippen LogP contribution is 2.35. The lowest BCUT2D eigenvalue weighted by atomic mass is 10.2. The molecule has 3 heterocycles. The van der Waals surface area contributed by atoms with Crippen LogP contribution in [0.3, 0.4) is 0 Å². The van der Waals surface area contributed by atoms with Gasteiger partial charge in [0.2, 0.25) is 5.88 Å². The predicted molar refractivity (Wildman–Crippen MR) is 88.6 cm³/mol. The van der Waals surface area contributed by atoms with Crippen molar-refractivity contribution in [3.63, 3.8) is 0 Å². The van der Waals surface area contributed by atoms with Crippen LogP contribution in [0.1, 0.15) is 26.8 Å². The third-order valence-electron chi connectivity index (χ3n) is 3.47. The summed E-state index contributed by atoms with van der Waals surface area (Å²) < 4.78 is 15.3. The molecule has 0 unspecified atom stereocenters. The lowest BCUT2D eigenvalue weighted by Gasteiger charge is -2.05. The second-order valence-electron chi connectivity index (χ2n) is 5.09. The number of rotatable bonds is 5. The predicted octanol–water partition coefficient (Wildman–Crippen LogP) is 2.70. The number of thiophene rings is 1. The Morgan fingerprint density at radius 2 is 2.12 bits per heavy atom. The van der Waals surface area contributed by atoms with Crippen LogP contribution < -0.4 is 10.1 Å². The number of amides is 1. The molecule has 0 aliphatic rings. The number of ether oxygens (including phenoxy) is 2. The number of anilines is 1. The van der Waals surface area contributed by atoms with E-state index in [1.807, 2.05) is 6.92 Å². The van der Waals surface area contributed by atoms with Crippen LogP contribution in [0.15, 0.2) is 10.8 Å². The number of hydrogen-bond acceptors (Lipinski definition) is 8. The van der Waals surface area contributed by atoms with Gasteiger partial charge in [-0.25, -0.2) is 4.98 Å². The number of nitrogens with one attached hydrogen (secondary N) is 1. The first-order chi connectivity index (χ1) is 11.5. The minimum Gasteiger partial charge on any atom is -0.480 e. The molecule has 3 aromatic rings. The van der Waals surface area contributed by atoms with Gasteiger partial charge in [0.05, 0.1) is 17.4 Å². The Morgan fingerprint density at radius 3 is 2.75 bits per heavy atom. The molecule has 3 rings (SSSR count). The van der Waals surface area contributed by atoms with Gasteiger partial charge >= 0.3 is 0 Å². The fraction of sp³-hybridized carbons (Fsp3) is 0.333. The summed E-state index contributed by atoms with van der Waals surface area (Å²) in [4.78, 5) is 22.6. The molecule has 0 aliphatic carbocycles. The third kappa shape index (κ3) is 2.83. The Hall–Kier alpha value is -2.52. The van der Waals surface area contributed by atoms with Crippen molar-refractivity contribution in [1.29, 1.82) is 0 Å². The first-order valence-corrected chi connectivity index (χ1v) is 7.92.